The zero-order valence-corrected chi connectivity index (χ0v) is 24.4. The number of rotatable bonds is 7. The molecule has 1 saturated carbocycles. The molecule has 2 N–H and O–H groups in total. The third-order valence-corrected chi connectivity index (χ3v) is 8.26. The fraction of sp³-hybridized carbons (Fsp3) is 0.548. The highest BCUT2D eigenvalue weighted by atomic mass is 35.5. The molecule has 1 unspecified atom stereocenters. The highest BCUT2D eigenvalue weighted by molar-refractivity contribution is 6.30. The van der Waals surface area contributed by atoms with E-state index in [9.17, 15) is 14.0 Å². The van der Waals surface area contributed by atoms with Gasteiger partial charge in [-0.3, -0.25) is 14.5 Å². The molecule has 0 radical (unpaired) electrons. The molecule has 6 nitrogen and oxygen atoms in total. The van der Waals surface area contributed by atoms with E-state index in [-0.39, 0.29) is 23.7 Å². The van der Waals surface area contributed by atoms with Gasteiger partial charge in [0.15, 0.2) is 0 Å². The Labute approximate surface area is 238 Å². The standard InChI is InChI=1S/C21H25ClFN3O.C10H19NO/c1-15(18-4-2-3-5-19(18)23)25-10-12-26(13-11-25)21(27)20(24)14-16-6-8-17(22)9-7-16;1-9(12)11(2)8-10-6-4-3-5-7-10/h2-9,15,20H,10-14,24H2,1H3;10H,3-8H2,1-2H3/t15?,20-;/m1./s1. The first-order valence-electron chi connectivity index (χ1n) is 14.1. The molecule has 2 aliphatic rings. The third kappa shape index (κ3) is 9.59. The molecule has 2 fully saturated rings. The summed E-state index contributed by atoms with van der Waals surface area (Å²) in [6.45, 7) is 7.22. The van der Waals surface area contributed by atoms with Gasteiger partial charge in [0.2, 0.25) is 11.8 Å². The van der Waals surface area contributed by atoms with E-state index in [4.69, 9.17) is 17.3 Å². The summed E-state index contributed by atoms with van der Waals surface area (Å²) >= 11 is 5.89. The molecule has 2 amide bonds. The molecular weight excluding hydrogens is 515 g/mol. The first kappa shape index (κ1) is 31.1. The second kappa shape index (κ2) is 15.3. The second-order valence-corrected chi connectivity index (χ2v) is 11.3. The summed E-state index contributed by atoms with van der Waals surface area (Å²) in [6, 6.07) is 13.7. The predicted octanol–water partition coefficient (Wildman–Crippen LogP) is 5.30. The maximum Gasteiger partial charge on any atom is 0.239 e. The molecule has 0 spiro atoms. The smallest absolute Gasteiger partial charge is 0.239 e. The minimum atomic E-state index is -0.568. The molecule has 2 aromatic rings. The SMILES string of the molecule is CC(=O)N(C)CC1CCCCC1.CC(c1ccccc1F)N1CCN(C(=O)[C@H](N)Cc2ccc(Cl)cc2)CC1. The summed E-state index contributed by atoms with van der Waals surface area (Å²) in [6.07, 6.45) is 7.23. The largest absolute Gasteiger partial charge is 0.346 e. The first-order chi connectivity index (χ1) is 18.7. The number of carbonyl (C=O) groups excluding carboxylic acids is 2. The summed E-state index contributed by atoms with van der Waals surface area (Å²) in [5, 5.41) is 0.666. The van der Waals surface area contributed by atoms with Gasteiger partial charge in [-0.05, 0) is 55.9 Å². The Hall–Kier alpha value is -2.48. The molecular formula is C31H44ClFN4O2. The number of carbonyl (C=O) groups is 2. The number of benzene rings is 2. The minimum Gasteiger partial charge on any atom is -0.346 e. The maximum absolute atomic E-state index is 14.0. The van der Waals surface area contributed by atoms with E-state index in [0.29, 0.717) is 43.2 Å². The number of piperazine rings is 1. The molecule has 1 heterocycles. The van der Waals surface area contributed by atoms with Crippen molar-refractivity contribution in [2.45, 2.75) is 64.5 Å². The lowest BCUT2D eigenvalue weighted by atomic mass is 9.89. The van der Waals surface area contributed by atoms with E-state index in [1.807, 2.05) is 48.0 Å². The van der Waals surface area contributed by atoms with E-state index in [1.54, 1.807) is 25.1 Å². The number of nitrogens with two attached hydrogens (primary N) is 1. The van der Waals surface area contributed by atoms with Crippen LogP contribution in [0.25, 0.3) is 0 Å². The van der Waals surface area contributed by atoms with Crippen molar-refractivity contribution in [1.82, 2.24) is 14.7 Å². The molecule has 8 heteroatoms. The quantitative estimate of drug-likeness (QED) is 0.501. The Morgan fingerprint density at radius 1 is 1.03 bits per heavy atom. The molecule has 1 aliphatic carbocycles. The molecule has 1 aliphatic heterocycles. The van der Waals surface area contributed by atoms with Crippen LogP contribution in [0, 0.1) is 11.7 Å². The van der Waals surface area contributed by atoms with Crippen molar-refractivity contribution in [2.75, 3.05) is 39.8 Å². The number of nitrogens with zero attached hydrogens (tertiary/aromatic N) is 3. The van der Waals surface area contributed by atoms with Gasteiger partial charge >= 0.3 is 0 Å². The zero-order chi connectivity index (χ0) is 28.4. The minimum absolute atomic E-state index is 0.0220. The number of amides is 2. The van der Waals surface area contributed by atoms with E-state index in [1.165, 1.54) is 38.2 Å². The monoisotopic (exact) mass is 558 g/mol. The van der Waals surface area contributed by atoms with Crippen molar-refractivity contribution in [3.05, 3.63) is 70.5 Å². The van der Waals surface area contributed by atoms with Crippen LogP contribution in [0.2, 0.25) is 5.02 Å². The van der Waals surface area contributed by atoms with Crippen molar-refractivity contribution in [3.63, 3.8) is 0 Å². The van der Waals surface area contributed by atoms with Crippen molar-refractivity contribution in [1.29, 1.82) is 0 Å². The Bertz CT molecular complexity index is 1050. The second-order valence-electron chi connectivity index (χ2n) is 10.9. The zero-order valence-electron chi connectivity index (χ0n) is 23.6. The summed E-state index contributed by atoms with van der Waals surface area (Å²) in [7, 11) is 1.90. The molecule has 1 saturated heterocycles. The van der Waals surface area contributed by atoms with Crippen LogP contribution in [0.1, 0.15) is 63.1 Å². The molecule has 0 bridgehead atoms. The van der Waals surface area contributed by atoms with Crippen LogP contribution in [0.4, 0.5) is 4.39 Å². The van der Waals surface area contributed by atoms with Gasteiger partial charge in [-0.25, -0.2) is 4.39 Å². The van der Waals surface area contributed by atoms with Gasteiger partial charge in [0.05, 0.1) is 6.04 Å². The lowest BCUT2D eigenvalue weighted by molar-refractivity contribution is -0.134. The van der Waals surface area contributed by atoms with Gasteiger partial charge < -0.3 is 15.5 Å². The van der Waals surface area contributed by atoms with Gasteiger partial charge in [0.25, 0.3) is 0 Å². The average Bonchev–Trinajstić information content (AvgIpc) is 2.94. The van der Waals surface area contributed by atoms with Crippen LogP contribution < -0.4 is 5.73 Å². The van der Waals surface area contributed by atoms with E-state index < -0.39 is 6.04 Å². The van der Waals surface area contributed by atoms with Crippen LogP contribution in [-0.2, 0) is 16.0 Å². The maximum atomic E-state index is 14.0. The predicted molar refractivity (Wildman–Crippen MR) is 156 cm³/mol. The lowest BCUT2D eigenvalue weighted by Crippen LogP contribution is -2.54. The molecule has 2 aromatic carbocycles. The highest BCUT2D eigenvalue weighted by Gasteiger charge is 2.28. The molecule has 0 aromatic heterocycles. The summed E-state index contributed by atoms with van der Waals surface area (Å²) in [5.74, 6) is 0.741. The number of hydrogen-bond donors (Lipinski definition) is 1. The topological polar surface area (TPSA) is 69.9 Å². The third-order valence-electron chi connectivity index (χ3n) is 8.01. The molecule has 4 rings (SSSR count). The fourth-order valence-corrected chi connectivity index (χ4v) is 5.55. The van der Waals surface area contributed by atoms with Crippen LogP contribution in [0.3, 0.4) is 0 Å². The molecule has 39 heavy (non-hydrogen) atoms. The highest BCUT2D eigenvalue weighted by Crippen LogP contribution is 2.25. The van der Waals surface area contributed by atoms with Gasteiger partial charge in [0.1, 0.15) is 5.82 Å². The van der Waals surface area contributed by atoms with Gasteiger partial charge in [-0.1, -0.05) is 61.2 Å². The average molecular weight is 559 g/mol. The van der Waals surface area contributed by atoms with E-state index >= 15 is 0 Å². The Morgan fingerprint density at radius 2 is 1.64 bits per heavy atom. The van der Waals surface area contributed by atoms with Crippen molar-refractivity contribution in [2.24, 2.45) is 11.7 Å². The summed E-state index contributed by atoms with van der Waals surface area (Å²) in [4.78, 5) is 29.5. The fourth-order valence-electron chi connectivity index (χ4n) is 5.42. The lowest BCUT2D eigenvalue weighted by Gasteiger charge is -2.39. The van der Waals surface area contributed by atoms with Crippen LogP contribution in [0.15, 0.2) is 48.5 Å². The Kier molecular flexibility index (Phi) is 12.2. The van der Waals surface area contributed by atoms with Gasteiger partial charge in [-0.2, -0.15) is 0 Å². The van der Waals surface area contributed by atoms with Gasteiger partial charge in [-0.15, -0.1) is 0 Å². The van der Waals surface area contributed by atoms with Crippen LogP contribution in [-0.4, -0.2) is 72.3 Å². The first-order valence-corrected chi connectivity index (χ1v) is 14.5. The van der Waals surface area contributed by atoms with Crippen LogP contribution in [0.5, 0.6) is 0 Å². The van der Waals surface area contributed by atoms with Gasteiger partial charge in [0, 0.05) is 63.3 Å². The number of halogens is 2. The van der Waals surface area contributed by atoms with E-state index in [0.717, 1.165) is 18.0 Å². The summed E-state index contributed by atoms with van der Waals surface area (Å²) < 4.78 is 14.0. The number of hydrogen-bond acceptors (Lipinski definition) is 4. The normalized spacial score (nSPS) is 18.1. The Morgan fingerprint density at radius 3 is 2.23 bits per heavy atom. The van der Waals surface area contributed by atoms with E-state index in [2.05, 4.69) is 4.90 Å². The van der Waals surface area contributed by atoms with Crippen LogP contribution >= 0.6 is 11.6 Å². The van der Waals surface area contributed by atoms with Crippen molar-refractivity contribution >= 4 is 23.4 Å². The van der Waals surface area contributed by atoms with Crippen molar-refractivity contribution in [3.8, 4) is 0 Å². The Balaban J connectivity index is 0.000000293. The molecule has 214 valence electrons. The van der Waals surface area contributed by atoms with Crippen molar-refractivity contribution < 1.29 is 14.0 Å². The molecule has 2 atom stereocenters. The summed E-state index contributed by atoms with van der Waals surface area (Å²) in [5.41, 5.74) is 7.82.